The fourth-order valence-corrected chi connectivity index (χ4v) is 2.54. The van der Waals surface area contributed by atoms with Gasteiger partial charge in [-0.1, -0.05) is 0 Å². The van der Waals surface area contributed by atoms with Gasteiger partial charge in [0.1, 0.15) is 0 Å². The van der Waals surface area contributed by atoms with Crippen molar-refractivity contribution in [1.29, 1.82) is 0 Å². The first-order valence-corrected chi connectivity index (χ1v) is 7.02. The van der Waals surface area contributed by atoms with Gasteiger partial charge in [-0.15, -0.1) is 0 Å². The minimum absolute atomic E-state index is 0.0388. The van der Waals surface area contributed by atoms with Crippen LogP contribution < -0.4 is 10.6 Å². The van der Waals surface area contributed by atoms with Crippen LogP contribution >= 0.6 is 0 Å². The molecule has 0 radical (unpaired) electrons. The van der Waals surface area contributed by atoms with Gasteiger partial charge in [-0.2, -0.15) is 0 Å². The number of hydrogen-bond donors (Lipinski definition) is 2. The number of hydrogen-bond acceptors (Lipinski definition) is 4. The average molecular weight is 270 g/mol. The predicted molar refractivity (Wildman–Crippen MR) is 77.5 cm³/mol. The Morgan fingerprint density at radius 1 is 1.30 bits per heavy atom. The summed E-state index contributed by atoms with van der Waals surface area (Å²) >= 11 is 0. The summed E-state index contributed by atoms with van der Waals surface area (Å²) in [5.41, 5.74) is 2.20. The molecule has 104 valence electrons. The Labute approximate surface area is 117 Å². The molecule has 5 nitrogen and oxygen atoms in total. The predicted octanol–water partition coefficient (Wildman–Crippen LogP) is 1.36. The number of nitrogens with zero attached hydrogens (tertiary/aromatic N) is 2. The highest BCUT2D eigenvalue weighted by atomic mass is 16.1. The average Bonchev–Trinajstić information content (AvgIpc) is 2.53. The number of piperidine rings is 1. The van der Waals surface area contributed by atoms with Crippen molar-refractivity contribution in [3.63, 3.8) is 0 Å². The number of rotatable bonds is 3. The molecule has 1 atom stereocenters. The van der Waals surface area contributed by atoms with Crippen molar-refractivity contribution in [1.82, 2.24) is 20.6 Å². The molecule has 0 saturated carbocycles. The van der Waals surface area contributed by atoms with E-state index in [1.807, 2.05) is 6.07 Å². The zero-order chi connectivity index (χ0) is 13.8. The molecule has 1 aromatic heterocycles. The minimum Gasteiger partial charge on any atom is -0.352 e. The Hall–Kier alpha value is -2.01. The number of fused-ring (bicyclic) bond motifs is 1. The van der Waals surface area contributed by atoms with E-state index in [-0.39, 0.29) is 5.91 Å². The van der Waals surface area contributed by atoms with Gasteiger partial charge >= 0.3 is 0 Å². The van der Waals surface area contributed by atoms with Crippen LogP contribution in [0.25, 0.3) is 11.0 Å². The second-order valence-corrected chi connectivity index (χ2v) is 5.18. The zero-order valence-corrected chi connectivity index (χ0v) is 11.3. The van der Waals surface area contributed by atoms with Gasteiger partial charge < -0.3 is 10.6 Å². The molecule has 2 N–H and O–H groups in total. The van der Waals surface area contributed by atoms with Crippen molar-refractivity contribution < 1.29 is 4.79 Å². The van der Waals surface area contributed by atoms with E-state index in [2.05, 4.69) is 20.6 Å². The van der Waals surface area contributed by atoms with E-state index in [4.69, 9.17) is 0 Å². The van der Waals surface area contributed by atoms with Gasteiger partial charge in [0.25, 0.3) is 5.91 Å². The maximum absolute atomic E-state index is 12.2. The van der Waals surface area contributed by atoms with E-state index in [9.17, 15) is 4.79 Å². The second-order valence-electron chi connectivity index (χ2n) is 5.18. The first kappa shape index (κ1) is 13.0. The lowest BCUT2D eigenvalue weighted by atomic mass is 9.99. The molecule has 1 aromatic carbocycles. The number of carbonyl (C=O) groups is 1. The van der Waals surface area contributed by atoms with Gasteiger partial charge in [-0.05, 0) is 50.0 Å². The van der Waals surface area contributed by atoms with Crippen LogP contribution in [0.1, 0.15) is 23.2 Å². The first-order valence-electron chi connectivity index (χ1n) is 7.02. The molecule has 2 aromatic rings. The number of aromatic nitrogens is 2. The lowest BCUT2D eigenvalue weighted by Gasteiger charge is -2.22. The maximum Gasteiger partial charge on any atom is 0.251 e. The monoisotopic (exact) mass is 270 g/mol. The number of nitrogens with one attached hydrogen (secondary N) is 2. The molecule has 1 unspecified atom stereocenters. The molecule has 1 fully saturated rings. The number of carbonyl (C=O) groups excluding carboxylic acids is 1. The molecule has 0 spiro atoms. The Kier molecular flexibility index (Phi) is 3.87. The number of benzene rings is 1. The Morgan fingerprint density at radius 3 is 2.95 bits per heavy atom. The highest BCUT2D eigenvalue weighted by Gasteiger charge is 2.14. The molecule has 0 bridgehead atoms. The summed E-state index contributed by atoms with van der Waals surface area (Å²) in [7, 11) is 0. The lowest BCUT2D eigenvalue weighted by molar-refractivity contribution is 0.0945. The van der Waals surface area contributed by atoms with E-state index in [0.717, 1.165) is 30.7 Å². The zero-order valence-electron chi connectivity index (χ0n) is 11.3. The quantitative estimate of drug-likeness (QED) is 0.883. The fourth-order valence-electron chi connectivity index (χ4n) is 2.54. The van der Waals surface area contributed by atoms with E-state index >= 15 is 0 Å². The van der Waals surface area contributed by atoms with Crippen LogP contribution in [0.2, 0.25) is 0 Å². The van der Waals surface area contributed by atoms with Gasteiger partial charge in [0.15, 0.2) is 0 Å². The molecule has 1 amide bonds. The fraction of sp³-hybridized carbons (Fsp3) is 0.400. The van der Waals surface area contributed by atoms with Gasteiger partial charge in [-0.3, -0.25) is 14.8 Å². The van der Waals surface area contributed by atoms with Crippen molar-refractivity contribution in [3.8, 4) is 0 Å². The van der Waals surface area contributed by atoms with Crippen LogP contribution in [0.5, 0.6) is 0 Å². The summed E-state index contributed by atoms with van der Waals surface area (Å²) < 4.78 is 0. The standard InChI is InChI=1S/C15H18N4O/c20-15(19-10-11-2-1-5-16-9-11)12-3-4-13-14(8-12)18-7-6-17-13/h3-4,6-8,11,16H,1-2,5,9-10H2,(H,19,20). The summed E-state index contributed by atoms with van der Waals surface area (Å²) in [6.07, 6.45) is 5.65. The summed E-state index contributed by atoms with van der Waals surface area (Å²) in [5, 5.41) is 6.36. The van der Waals surface area contributed by atoms with Gasteiger partial charge in [-0.25, -0.2) is 0 Å². The van der Waals surface area contributed by atoms with Crippen LogP contribution in [-0.2, 0) is 0 Å². The van der Waals surface area contributed by atoms with Gasteiger partial charge in [0.05, 0.1) is 11.0 Å². The Morgan fingerprint density at radius 2 is 2.15 bits per heavy atom. The molecule has 1 saturated heterocycles. The van der Waals surface area contributed by atoms with Gasteiger partial charge in [0.2, 0.25) is 0 Å². The topological polar surface area (TPSA) is 66.9 Å². The third-order valence-electron chi connectivity index (χ3n) is 3.68. The molecule has 20 heavy (non-hydrogen) atoms. The third kappa shape index (κ3) is 2.93. The van der Waals surface area contributed by atoms with E-state index in [0.29, 0.717) is 11.5 Å². The smallest absolute Gasteiger partial charge is 0.251 e. The molecular weight excluding hydrogens is 252 g/mol. The number of amides is 1. The summed E-state index contributed by atoms with van der Waals surface area (Å²) in [6, 6.07) is 5.42. The van der Waals surface area contributed by atoms with Crippen molar-refractivity contribution in [2.75, 3.05) is 19.6 Å². The largest absolute Gasteiger partial charge is 0.352 e. The van der Waals surface area contributed by atoms with Crippen molar-refractivity contribution in [2.45, 2.75) is 12.8 Å². The van der Waals surface area contributed by atoms with Crippen LogP contribution in [0.15, 0.2) is 30.6 Å². The molecule has 3 rings (SSSR count). The third-order valence-corrected chi connectivity index (χ3v) is 3.68. The maximum atomic E-state index is 12.2. The first-order chi connectivity index (χ1) is 9.83. The lowest BCUT2D eigenvalue weighted by Crippen LogP contribution is -2.38. The molecule has 1 aliphatic heterocycles. The molecule has 0 aliphatic carbocycles. The van der Waals surface area contributed by atoms with E-state index in [1.165, 1.54) is 12.8 Å². The Bertz CT molecular complexity index is 608. The van der Waals surface area contributed by atoms with Gasteiger partial charge in [0, 0.05) is 24.5 Å². The van der Waals surface area contributed by atoms with Crippen LogP contribution in [-0.4, -0.2) is 35.5 Å². The highest BCUT2D eigenvalue weighted by molar-refractivity contribution is 5.97. The van der Waals surface area contributed by atoms with E-state index in [1.54, 1.807) is 24.5 Å². The normalized spacial score (nSPS) is 18.9. The molecule has 1 aliphatic rings. The van der Waals surface area contributed by atoms with Crippen molar-refractivity contribution in [2.24, 2.45) is 5.92 Å². The van der Waals surface area contributed by atoms with Crippen molar-refractivity contribution >= 4 is 16.9 Å². The van der Waals surface area contributed by atoms with Crippen LogP contribution in [0, 0.1) is 5.92 Å². The molecule has 5 heteroatoms. The molecule has 2 heterocycles. The van der Waals surface area contributed by atoms with Crippen LogP contribution in [0.4, 0.5) is 0 Å². The summed E-state index contributed by atoms with van der Waals surface area (Å²) in [5.74, 6) is 0.496. The minimum atomic E-state index is -0.0388. The second kappa shape index (κ2) is 5.96. The Balaban J connectivity index is 1.65. The summed E-state index contributed by atoms with van der Waals surface area (Å²) in [6.45, 7) is 2.81. The van der Waals surface area contributed by atoms with Crippen LogP contribution in [0.3, 0.4) is 0 Å². The SMILES string of the molecule is O=C(NCC1CCCNC1)c1ccc2nccnc2c1. The molecular formula is C15H18N4O. The van der Waals surface area contributed by atoms with E-state index < -0.39 is 0 Å². The summed E-state index contributed by atoms with van der Waals surface area (Å²) in [4.78, 5) is 20.6. The van der Waals surface area contributed by atoms with Crippen molar-refractivity contribution in [3.05, 3.63) is 36.2 Å². The highest BCUT2D eigenvalue weighted by Crippen LogP contribution is 2.12.